The van der Waals surface area contributed by atoms with E-state index in [1.54, 1.807) is 36.4 Å². The zero-order valence-corrected chi connectivity index (χ0v) is 13.4. The van der Waals surface area contributed by atoms with Crippen molar-refractivity contribution in [3.63, 3.8) is 0 Å². The van der Waals surface area contributed by atoms with E-state index in [9.17, 15) is 14.4 Å². The molecule has 0 radical (unpaired) electrons. The molecule has 1 aliphatic rings. The summed E-state index contributed by atoms with van der Waals surface area (Å²) in [6.45, 7) is 1.85. The number of allylic oxidation sites excluding steroid dienone is 2. The van der Waals surface area contributed by atoms with E-state index in [2.05, 4.69) is 4.74 Å². The van der Waals surface area contributed by atoms with Crippen molar-refractivity contribution in [3.05, 3.63) is 76.9 Å². The molecule has 0 unspecified atom stereocenters. The predicted molar refractivity (Wildman–Crippen MR) is 91.2 cm³/mol. The topological polar surface area (TPSA) is 86.5 Å². The molecule has 0 aromatic heterocycles. The van der Waals surface area contributed by atoms with Gasteiger partial charge in [-0.3, -0.25) is 9.59 Å². The van der Waals surface area contributed by atoms with E-state index < -0.39 is 5.97 Å². The monoisotopic (exact) mass is 323 g/mol. The molecule has 5 nitrogen and oxygen atoms in total. The minimum absolute atomic E-state index is 0.0924. The molecule has 0 saturated heterocycles. The minimum Gasteiger partial charge on any atom is -0.465 e. The van der Waals surface area contributed by atoms with Gasteiger partial charge >= 0.3 is 5.97 Å². The van der Waals surface area contributed by atoms with Crippen molar-refractivity contribution in [3.8, 4) is 0 Å². The van der Waals surface area contributed by atoms with Gasteiger partial charge in [0.05, 0.1) is 12.7 Å². The first-order chi connectivity index (χ1) is 11.5. The minimum atomic E-state index is -0.392. The van der Waals surface area contributed by atoms with Gasteiger partial charge in [0, 0.05) is 16.8 Å². The third-order valence-corrected chi connectivity index (χ3v) is 3.57. The maximum atomic E-state index is 11.2. The Balaban J connectivity index is 0.000000174. The molecule has 0 atom stereocenters. The molecule has 2 N–H and O–H groups in total. The fourth-order valence-electron chi connectivity index (χ4n) is 2.21. The number of carbonyl (C=O) groups excluding carboxylic acids is 3. The van der Waals surface area contributed by atoms with Gasteiger partial charge in [-0.2, -0.15) is 0 Å². The van der Waals surface area contributed by atoms with E-state index in [4.69, 9.17) is 5.73 Å². The largest absolute Gasteiger partial charge is 0.465 e. The van der Waals surface area contributed by atoms with Crippen LogP contribution in [0.25, 0.3) is 0 Å². The zero-order valence-electron chi connectivity index (χ0n) is 13.4. The molecule has 5 heteroatoms. The number of benzene rings is 2. The van der Waals surface area contributed by atoms with Gasteiger partial charge in [0.15, 0.2) is 11.6 Å². The van der Waals surface area contributed by atoms with Crippen molar-refractivity contribution in [1.82, 2.24) is 0 Å². The first-order valence-corrected chi connectivity index (χ1v) is 7.25. The van der Waals surface area contributed by atoms with Crippen LogP contribution in [0.4, 0.5) is 5.69 Å². The molecular formula is C19H17NO4. The quantitative estimate of drug-likeness (QED) is 0.644. The number of carbonyl (C=O) groups is 3. The summed E-state index contributed by atoms with van der Waals surface area (Å²) in [5.41, 5.74) is 8.47. The highest BCUT2D eigenvalue weighted by Crippen LogP contribution is 2.17. The van der Waals surface area contributed by atoms with Gasteiger partial charge in [-0.1, -0.05) is 36.4 Å². The van der Waals surface area contributed by atoms with E-state index in [0.29, 0.717) is 22.4 Å². The van der Waals surface area contributed by atoms with Crippen LogP contribution in [0.1, 0.15) is 36.6 Å². The smallest absolute Gasteiger partial charge is 0.339 e. The number of esters is 1. The maximum Gasteiger partial charge on any atom is 0.339 e. The fraction of sp³-hybridized carbons (Fsp3) is 0.105. The average Bonchev–Trinajstić information content (AvgIpc) is 2.61. The summed E-state index contributed by atoms with van der Waals surface area (Å²) in [7, 11) is 1.34. The molecule has 0 heterocycles. The third-order valence-electron chi connectivity index (χ3n) is 3.57. The van der Waals surface area contributed by atoms with Gasteiger partial charge in [0.25, 0.3) is 0 Å². The summed E-state index contributed by atoms with van der Waals surface area (Å²) in [6, 6.07) is 12.1. The number of anilines is 1. The Kier molecular flexibility index (Phi) is 5.27. The van der Waals surface area contributed by atoms with Crippen LogP contribution < -0.4 is 5.73 Å². The highest BCUT2D eigenvalue weighted by atomic mass is 16.5. The Morgan fingerprint density at radius 2 is 1.46 bits per heavy atom. The first-order valence-electron chi connectivity index (χ1n) is 7.25. The van der Waals surface area contributed by atoms with Crippen LogP contribution in [0, 0.1) is 6.92 Å². The Labute approximate surface area is 139 Å². The molecular weight excluding hydrogens is 306 g/mol. The van der Waals surface area contributed by atoms with E-state index in [1.807, 2.05) is 13.0 Å². The van der Waals surface area contributed by atoms with Gasteiger partial charge in [-0.15, -0.1) is 0 Å². The van der Waals surface area contributed by atoms with Gasteiger partial charge in [0.1, 0.15) is 0 Å². The number of hydrogen-bond acceptors (Lipinski definition) is 5. The summed E-state index contributed by atoms with van der Waals surface area (Å²) in [4.78, 5) is 33.5. The summed E-state index contributed by atoms with van der Waals surface area (Å²) in [6.07, 6.45) is 2.62. The Bertz CT molecular complexity index is 800. The predicted octanol–water partition coefficient (Wildman–Crippen LogP) is 2.99. The number of nitrogens with two attached hydrogens (primary N) is 1. The zero-order chi connectivity index (χ0) is 17.7. The first kappa shape index (κ1) is 17.1. The lowest BCUT2D eigenvalue weighted by atomic mass is 9.95. The molecule has 1 aliphatic carbocycles. The van der Waals surface area contributed by atoms with Crippen LogP contribution in [-0.2, 0) is 4.74 Å². The van der Waals surface area contributed by atoms with Gasteiger partial charge < -0.3 is 10.5 Å². The highest BCUT2D eigenvalue weighted by Gasteiger charge is 2.17. The molecule has 3 rings (SSSR count). The summed E-state index contributed by atoms with van der Waals surface area (Å²) < 4.78 is 4.55. The van der Waals surface area contributed by atoms with Crippen LogP contribution in [0.5, 0.6) is 0 Å². The molecule has 0 saturated carbocycles. The highest BCUT2D eigenvalue weighted by molar-refractivity contribution is 6.21. The summed E-state index contributed by atoms with van der Waals surface area (Å²) in [5.74, 6) is -0.577. The molecule has 122 valence electrons. The van der Waals surface area contributed by atoms with Crippen molar-refractivity contribution in [2.24, 2.45) is 0 Å². The number of para-hydroxylation sites is 1. The van der Waals surface area contributed by atoms with E-state index in [1.165, 1.54) is 19.3 Å². The van der Waals surface area contributed by atoms with Crippen molar-refractivity contribution in [2.75, 3.05) is 12.8 Å². The second kappa shape index (κ2) is 7.37. The lowest BCUT2D eigenvalue weighted by molar-refractivity contribution is 0.0601. The van der Waals surface area contributed by atoms with Gasteiger partial charge in [0.2, 0.25) is 0 Å². The maximum absolute atomic E-state index is 11.2. The van der Waals surface area contributed by atoms with Crippen LogP contribution in [-0.4, -0.2) is 24.6 Å². The number of ketones is 2. The number of fused-ring (bicyclic) bond motifs is 1. The van der Waals surface area contributed by atoms with Crippen LogP contribution >= 0.6 is 0 Å². The lowest BCUT2D eigenvalue weighted by Crippen LogP contribution is -2.10. The van der Waals surface area contributed by atoms with Crippen molar-refractivity contribution < 1.29 is 19.1 Å². The Morgan fingerprint density at radius 3 is 1.96 bits per heavy atom. The summed E-state index contributed by atoms with van der Waals surface area (Å²) >= 11 is 0. The molecule has 0 fully saturated rings. The number of aryl methyl sites for hydroxylation is 1. The molecule has 0 aliphatic heterocycles. The van der Waals surface area contributed by atoms with Gasteiger partial charge in [-0.05, 0) is 30.7 Å². The van der Waals surface area contributed by atoms with Crippen molar-refractivity contribution in [2.45, 2.75) is 6.92 Å². The SMILES string of the molecule is COC(=O)c1cccc(C)c1N.O=C1C=CC(=O)c2ccccc21. The average molecular weight is 323 g/mol. The number of hydrogen-bond donors (Lipinski definition) is 1. The Morgan fingerprint density at radius 1 is 0.917 bits per heavy atom. The van der Waals surface area contributed by atoms with Crippen molar-refractivity contribution >= 4 is 23.2 Å². The number of ether oxygens (including phenoxy) is 1. The van der Waals surface area contributed by atoms with E-state index >= 15 is 0 Å². The van der Waals surface area contributed by atoms with Crippen LogP contribution in [0.2, 0.25) is 0 Å². The molecule has 0 bridgehead atoms. The number of nitrogen functional groups attached to an aromatic ring is 1. The second-order valence-electron chi connectivity index (χ2n) is 5.14. The molecule has 2 aromatic carbocycles. The van der Waals surface area contributed by atoms with Gasteiger partial charge in [-0.25, -0.2) is 4.79 Å². The lowest BCUT2D eigenvalue weighted by Gasteiger charge is -2.06. The molecule has 2 aromatic rings. The van der Waals surface area contributed by atoms with Crippen LogP contribution in [0.15, 0.2) is 54.6 Å². The normalized spacial score (nSPS) is 12.1. The fourth-order valence-corrected chi connectivity index (χ4v) is 2.21. The second-order valence-corrected chi connectivity index (χ2v) is 5.14. The van der Waals surface area contributed by atoms with E-state index in [0.717, 1.165) is 5.56 Å². The molecule has 0 amide bonds. The standard InChI is InChI=1S/C10H6O2.C9H11NO2/c11-9-5-6-10(12)8-4-2-1-3-7(8)9;1-6-4-3-5-7(8(6)10)9(11)12-2/h1-6H;3-5H,10H2,1-2H3. The summed E-state index contributed by atoms with van der Waals surface area (Å²) in [5, 5.41) is 0. The third kappa shape index (κ3) is 3.57. The van der Waals surface area contributed by atoms with E-state index in [-0.39, 0.29) is 11.6 Å². The molecule has 0 spiro atoms. The van der Waals surface area contributed by atoms with Crippen LogP contribution in [0.3, 0.4) is 0 Å². The number of methoxy groups -OCH3 is 1. The number of rotatable bonds is 1. The molecule has 24 heavy (non-hydrogen) atoms. The van der Waals surface area contributed by atoms with Crippen molar-refractivity contribution in [1.29, 1.82) is 0 Å². The Hall–Kier alpha value is -3.21.